The monoisotopic (exact) mass is 329 g/mol. The fourth-order valence-electron chi connectivity index (χ4n) is 3.96. The standard InChI is InChI=1S/C18H23N3OS/c22-18(17-10-5-11-23-17)19-12-15-14-8-3-4-9-16(14)21(20-15)13-6-1-2-7-13/h5,10-11,13H,1-4,6-9,12H2,(H,19,22). The molecule has 0 radical (unpaired) electrons. The Morgan fingerprint density at radius 1 is 1.26 bits per heavy atom. The number of carbonyl (C=O) groups excluding carboxylic acids is 1. The lowest BCUT2D eigenvalue weighted by molar-refractivity contribution is 0.0954. The second-order valence-corrected chi connectivity index (χ2v) is 7.57. The summed E-state index contributed by atoms with van der Waals surface area (Å²) in [5.74, 6) is 0.0139. The van der Waals surface area contributed by atoms with Gasteiger partial charge < -0.3 is 5.32 Å². The van der Waals surface area contributed by atoms with Crippen molar-refractivity contribution in [3.63, 3.8) is 0 Å². The van der Waals surface area contributed by atoms with E-state index in [0.29, 0.717) is 12.6 Å². The lowest BCUT2D eigenvalue weighted by Gasteiger charge is -2.18. The normalized spacial score (nSPS) is 18.1. The van der Waals surface area contributed by atoms with E-state index in [9.17, 15) is 4.79 Å². The van der Waals surface area contributed by atoms with Crippen LogP contribution in [0.4, 0.5) is 0 Å². The first kappa shape index (κ1) is 14.9. The van der Waals surface area contributed by atoms with E-state index < -0.39 is 0 Å². The Morgan fingerprint density at radius 3 is 2.87 bits per heavy atom. The lowest BCUT2D eigenvalue weighted by atomic mass is 9.95. The maximum Gasteiger partial charge on any atom is 0.261 e. The van der Waals surface area contributed by atoms with Gasteiger partial charge in [-0.25, -0.2) is 0 Å². The lowest BCUT2D eigenvalue weighted by Crippen LogP contribution is -2.23. The van der Waals surface area contributed by atoms with Gasteiger partial charge in [0.25, 0.3) is 5.91 Å². The van der Waals surface area contributed by atoms with Crippen molar-refractivity contribution in [3.05, 3.63) is 39.3 Å². The zero-order valence-corrected chi connectivity index (χ0v) is 14.2. The summed E-state index contributed by atoms with van der Waals surface area (Å²) in [5, 5.41) is 9.92. The summed E-state index contributed by atoms with van der Waals surface area (Å²) in [5.41, 5.74) is 3.95. The highest BCUT2D eigenvalue weighted by atomic mass is 32.1. The van der Waals surface area contributed by atoms with Crippen molar-refractivity contribution >= 4 is 17.2 Å². The smallest absolute Gasteiger partial charge is 0.261 e. The molecule has 0 aliphatic heterocycles. The van der Waals surface area contributed by atoms with Crippen molar-refractivity contribution in [3.8, 4) is 0 Å². The molecule has 23 heavy (non-hydrogen) atoms. The summed E-state index contributed by atoms with van der Waals surface area (Å²) in [6.45, 7) is 0.554. The summed E-state index contributed by atoms with van der Waals surface area (Å²) in [7, 11) is 0. The molecule has 0 saturated heterocycles. The molecule has 2 heterocycles. The fourth-order valence-corrected chi connectivity index (χ4v) is 4.60. The third kappa shape index (κ3) is 2.94. The molecule has 1 amide bonds. The van der Waals surface area contributed by atoms with Crippen molar-refractivity contribution in [2.24, 2.45) is 0 Å². The zero-order valence-electron chi connectivity index (χ0n) is 13.4. The van der Waals surface area contributed by atoms with E-state index in [1.54, 1.807) is 0 Å². The molecule has 2 aliphatic rings. The van der Waals surface area contributed by atoms with Crippen LogP contribution in [0.3, 0.4) is 0 Å². The average molecular weight is 329 g/mol. The highest BCUT2D eigenvalue weighted by molar-refractivity contribution is 7.12. The second-order valence-electron chi connectivity index (χ2n) is 6.62. The topological polar surface area (TPSA) is 46.9 Å². The van der Waals surface area contributed by atoms with E-state index in [1.165, 1.54) is 61.1 Å². The zero-order chi connectivity index (χ0) is 15.6. The third-order valence-corrected chi connectivity index (χ3v) is 5.99. The number of hydrogen-bond acceptors (Lipinski definition) is 3. The number of carbonyl (C=O) groups is 1. The van der Waals surface area contributed by atoms with Crippen LogP contribution in [0.5, 0.6) is 0 Å². The SMILES string of the molecule is O=C(NCc1nn(C2CCCC2)c2c1CCCC2)c1cccs1. The molecule has 0 bridgehead atoms. The minimum absolute atomic E-state index is 0.0139. The Morgan fingerprint density at radius 2 is 2.09 bits per heavy atom. The van der Waals surface area contributed by atoms with Gasteiger partial charge in [0.2, 0.25) is 0 Å². The highest BCUT2D eigenvalue weighted by Crippen LogP contribution is 2.34. The van der Waals surface area contributed by atoms with Crippen LogP contribution in [0.1, 0.15) is 71.2 Å². The second kappa shape index (κ2) is 6.48. The van der Waals surface area contributed by atoms with E-state index in [4.69, 9.17) is 5.10 Å². The number of thiophene rings is 1. The predicted molar refractivity (Wildman–Crippen MR) is 91.9 cm³/mol. The minimum atomic E-state index is 0.0139. The molecule has 4 nitrogen and oxygen atoms in total. The van der Waals surface area contributed by atoms with E-state index in [-0.39, 0.29) is 5.91 Å². The van der Waals surface area contributed by atoms with E-state index in [2.05, 4.69) is 10.00 Å². The van der Waals surface area contributed by atoms with Gasteiger partial charge >= 0.3 is 0 Å². The molecule has 0 unspecified atom stereocenters. The quantitative estimate of drug-likeness (QED) is 0.925. The predicted octanol–water partition coefficient (Wildman–Crippen LogP) is 3.87. The van der Waals surface area contributed by atoms with Crippen LogP contribution in [0.2, 0.25) is 0 Å². The first-order valence-corrected chi connectivity index (χ1v) is 9.62. The van der Waals surface area contributed by atoms with E-state index in [1.807, 2.05) is 17.5 Å². The van der Waals surface area contributed by atoms with Crippen LogP contribution in [0.15, 0.2) is 17.5 Å². The molecular formula is C18H23N3OS. The molecular weight excluding hydrogens is 306 g/mol. The van der Waals surface area contributed by atoms with Crippen molar-refractivity contribution in [2.45, 2.75) is 64.0 Å². The molecule has 1 saturated carbocycles. The number of amides is 1. The number of hydrogen-bond donors (Lipinski definition) is 1. The van der Waals surface area contributed by atoms with Gasteiger partial charge in [0.05, 0.1) is 23.2 Å². The number of rotatable bonds is 4. The molecule has 5 heteroatoms. The van der Waals surface area contributed by atoms with Gasteiger partial charge in [0.15, 0.2) is 0 Å². The van der Waals surface area contributed by atoms with Gasteiger partial charge in [-0.05, 0) is 55.5 Å². The highest BCUT2D eigenvalue weighted by Gasteiger charge is 2.26. The fraction of sp³-hybridized carbons (Fsp3) is 0.556. The molecule has 0 atom stereocenters. The molecule has 2 aromatic rings. The molecule has 0 spiro atoms. The Bertz CT molecular complexity index is 683. The molecule has 122 valence electrons. The van der Waals surface area contributed by atoms with Crippen molar-refractivity contribution in [1.29, 1.82) is 0 Å². The number of fused-ring (bicyclic) bond motifs is 1. The average Bonchev–Trinajstić information content (AvgIpc) is 3.31. The van der Waals surface area contributed by atoms with Gasteiger partial charge in [0, 0.05) is 5.69 Å². The Balaban J connectivity index is 1.54. The van der Waals surface area contributed by atoms with Crippen LogP contribution in [0.25, 0.3) is 0 Å². The van der Waals surface area contributed by atoms with Crippen LogP contribution >= 0.6 is 11.3 Å². The number of nitrogens with one attached hydrogen (secondary N) is 1. The van der Waals surface area contributed by atoms with Crippen molar-refractivity contribution in [2.75, 3.05) is 0 Å². The van der Waals surface area contributed by atoms with Crippen LogP contribution in [-0.2, 0) is 19.4 Å². The van der Waals surface area contributed by atoms with Crippen LogP contribution < -0.4 is 5.32 Å². The largest absolute Gasteiger partial charge is 0.346 e. The van der Waals surface area contributed by atoms with Gasteiger partial charge in [-0.3, -0.25) is 9.48 Å². The summed E-state index contributed by atoms with van der Waals surface area (Å²) in [4.78, 5) is 12.9. The molecule has 1 N–H and O–H groups in total. The first-order chi connectivity index (χ1) is 11.3. The molecule has 0 aromatic carbocycles. The summed E-state index contributed by atoms with van der Waals surface area (Å²) in [6.07, 6.45) is 9.95. The van der Waals surface area contributed by atoms with Crippen molar-refractivity contribution in [1.82, 2.24) is 15.1 Å². The van der Waals surface area contributed by atoms with E-state index >= 15 is 0 Å². The first-order valence-electron chi connectivity index (χ1n) is 8.74. The molecule has 1 fully saturated rings. The molecule has 2 aromatic heterocycles. The summed E-state index contributed by atoms with van der Waals surface area (Å²) >= 11 is 1.48. The van der Waals surface area contributed by atoms with E-state index in [0.717, 1.165) is 23.4 Å². The Labute approximate surface area is 140 Å². The minimum Gasteiger partial charge on any atom is -0.346 e. The summed E-state index contributed by atoms with van der Waals surface area (Å²) < 4.78 is 2.31. The van der Waals surface area contributed by atoms with Gasteiger partial charge in [-0.2, -0.15) is 5.10 Å². The maximum absolute atomic E-state index is 12.2. The van der Waals surface area contributed by atoms with Gasteiger partial charge in [-0.15, -0.1) is 11.3 Å². The van der Waals surface area contributed by atoms with Gasteiger partial charge in [0.1, 0.15) is 0 Å². The Kier molecular flexibility index (Phi) is 4.21. The maximum atomic E-state index is 12.2. The Hall–Kier alpha value is -1.62. The van der Waals surface area contributed by atoms with Crippen LogP contribution in [-0.4, -0.2) is 15.7 Å². The van der Waals surface area contributed by atoms with Crippen molar-refractivity contribution < 1.29 is 4.79 Å². The summed E-state index contributed by atoms with van der Waals surface area (Å²) in [6, 6.07) is 4.37. The van der Waals surface area contributed by atoms with Gasteiger partial charge in [-0.1, -0.05) is 18.9 Å². The number of aromatic nitrogens is 2. The molecule has 2 aliphatic carbocycles. The number of nitrogens with zero attached hydrogens (tertiary/aromatic N) is 2. The third-order valence-electron chi connectivity index (χ3n) is 5.12. The molecule has 4 rings (SSSR count). The van der Waals surface area contributed by atoms with Crippen LogP contribution in [0, 0.1) is 0 Å².